The van der Waals surface area contributed by atoms with E-state index >= 15 is 0 Å². The Kier molecular flexibility index (Phi) is 6.25. The summed E-state index contributed by atoms with van der Waals surface area (Å²) in [6.45, 7) is 7.83. The highest BCUT2D eigenvalue weighted by Gasteiger charge is 2.37. The fourth-order valence-electron chi connectivity index (χ4n) is 3.13. The molecule has 118 valence electrons. The third-order valence-electron chi connectivity index (χ3n) is 4.26. The van der Waals surface area contributed by atoms with E-state index in [0.29, 0.717) is 18.1 Å². The van der Waals surface area contributed by atoms with Gasteiger partial charge in [-0.05, 0) is 55.2 Å². The highest BCUT2D eigenvalue weighted by Crippen LogP contribution is 2.40. The van der Waals surface area contributed by atoms with Gasteiger partial charge in [-0.2, -0.15) is 0 Å². The normalized spacial score (nSPS) is 18.0. The van der Waals surface area contributed by atoms with Crippen LogP contribution in [0.5, 0.6) is 0 Å². The van der Waals surface area contributed by atoms with E-state index in [1.165, 1.54) is 24.0 Å². The highest BCUT2D eigenvalue weighted by molar-refractivity contribution is 5.28. The minimum atomic E-state index is 0.311. The van der Waals surface area contributed by atoms with Crippen molar-refractivity contribution in [2.24, 2.45) is 11.8 Å². The van der Waals surface area contributed by atoms with Crippen molar-refractivity contribution in [2.75, 3.05) is 13.7 Å². The first-order chi connectivity index (χ1) is 10.2. The lowest BCUT2D eigenvalue weighted by Gasteiger charge is -2.28. The number of ether oxygens (including phenoxy) is 1. The Morgan fingerprint density at radius 2 is 2.05 bits per heavy atom. The van der Waals surface area contributed by atoms with Crippen LogP contribution in [0.25, 0.3) is 0 Å². The van der Waals surface area contributed by atoms with Gasteiger partial charge in [-0.25, -0.2) is 0 Å². The van der Waals surface area contributed by atoms with E-state index in [9.17, 15) is 0 Å². The van der Waals surface area contributed by atoms with Gasteiger partial charge in [-0.1, -0.05) is 45.0 Å². The second kappa shape index (κ2) is 7.95. The van der Waals surface area contributed by atoms with Gasteiger partial charge >= 0.3 is 0 Å². The summed E-state index contributed by atoms with van der Waals surface area (Å²) in [5.41, 5.74) is 2.83. The molecule has 0 spiro atoms. The molecule has 2 unspecified atom stereocenters. The predicted octanol–water partition coefficient (Wildman–Crippen LogP) is 4.35. The fourth-order valence-corrected chi connectivity index (χ4v) is 3.13. The molecule has 1 aliphatic carbocycles. The molecule has 0 saturated heterocycles. The van der Waals surface area contributed by atoms with E-state index < -0.39 is 0 Å². The molecule has 1 N–H and O–H groups in total. The maximum Gasteiger partial charge on any atom is 0.0794 e. The summed E-state index contributed by atoms with van der Waals surface area (Å²) >= 11 is 0. The Morgan fingerprint density at radius 3 is 2.62 bits per heavy atom. The topological polar surface area (TPSA) is 21.3 Å². The van der Waals surface area contributed by atoms with E-state index in [0.717, 1.165) is 25.3 Å². The number of hydrogen-bond donors (Lipinski definition) is 1. The number of hydrogen-bond acceptors (Lipinski definition) is 2. The molecule has 2 heteroatoms. The zero-order valence-corrected chi connectivity index (χ0v) is 14.1. The molecule has 2 atom stereocenters. The fraction of sp³-hybridized carbons (Fsp3) is 0.684. The third kappa shape index (κ3) is 4.82. The highest BCUT2D eigenvalue weighted by atomic mass is 16.5. The van der Waals surface area contributed by atoms with E-state index in [1.54, 1.807) is 0 Å². The SMILES string of the molecule is CCCNC(c1cccc(CC(C)C)c1)C(OC)C1CC1. The van der Waals surface area contributed by atoms with Gasteiger partial charge in [-0.3, -0.25) is 0 Å². The summed E-state index contributed by atoms with van der Waals surface area (Å²) in [6, 6.07) is 9.41. The molecule has 1 aromatic carbocycles. The van der Waals surface area contributed by atoms with Crippen LogP contribution in [0.3, 0.4) is 0 Å². The van der Waals surface area contributed by atoms with Crippen LogP contribution >= 0.6 is 0 Å². The lowest BCUT2D eigenvalue weighted by Crippen LogP contribution is -2.35. The molecule has 0 aromatic heterocycles. The zero-order valence-electron chi connectivity index (χ0n) is 14.1. The van der Waals surface area contributed by atoms with Crippen LogP contribution in [-0.2, 0) is 11.2 Å². The first-order valence-corrected chi connectivity index (χ1v) is 8.50. The molecule has 1 fully saturated rings. The molecule has 1 saturated carbocycles. The third-order valence-corrected chi connectivity index (χ3v) is 4.26. The first kappa shape index (κ1) is 16.5. The molecule has 0 amide bonds. The van der Waals surface area contributed by atoms with E-state index in [1.807, 2.05) is 7.11 Å². The Balaban J connectivity index is 2.18. The first-order valence-electron chi connectivity index (χ1n) is 8.50. The van der Waals surface area contributed by atoms with Crippen molar-refractivity contribution in [3.05, 3.63) is 35.4 Å². The van der Waals surface area contributed by atoms with Crippen molar-refractivity contribution >= 4 is 0 Å². The monoisotopic (exact) mass is 289 g/mol. The second-order valence-electron chi connectivity index (χ2n) is 6.81. The minimum Gasteiger partial charge on any atom is -0.379 e. The zero-order chi connectivity index (χ0) is 15.2. The molecule has 1 aliphatic rings. The van der Waals surface area contributed by atoms with Crippen molar-refractivity contribution in [2.45, 2.75) is 58.6 Å². The molecule has 2 rings (SSSR count). The van der Waals surface area contributed by atoms with Crippen LogP contribution in [0.1, 0.15) is 57.2 Å². The summed E-state index contributed by atoms with van der Waals surface area (Å²) in [5.74, 6) is 1.43. The Morgan fingerprint density at radius 1 is 1.29 bits per heavy atom. The molecule has 0 heterocycles. The molecule has 21 heavy (non-hydrogen) atoms. The number of nitrogens with one attached hydrogen (secondary N) is 1. The van der Waals surface area contributed by atoms with Gasteiger partial charge < -0.3 is 10.1 Å². The van der Waals surface area contributed by atoms with Gasteiger partial charge in [0.15, 0.2) is 0 Å². The predicted molar refractivity (Wildman–Crippen MR) is 89.5 cm³/mol. The van der Waals surface area contributed by atoms with Gasteiger partial charge in [0.25, 0.3) is 0 Å². The van der Waals surface area contributed by atoms with Crippen LogP contribution in [0.15, 0.2) is 24.3 Å². The Labute approximate surface area is 130 Å². The molecule has 0 radical (unpaired) electrons. The van der Waals surface area contributed by atoms with Crippen molar-refractivity contribution in [1.29, 1.82) is 0 Å². The van der Waals surface area contributed by atoms with Gasteiger partial charge in [0.2, 0.25) is 0 Å². The van der Waals surface area contributed by atoms with E-state index in [-0.39, 0.29) is 0 Å². The summed E-state index contributed by atoms with van der Waals surface area (Å²) in [6.07, 6.45) is 5.24. The molecule has 1 aromatic rings. The standard InChI is InChI=1S/C19H31NO/c1-5-11-20-18(19(21-4)16-9-10-16)17-8-6-7-15(13-17)12-14(2)3/h6-8,13-14,16,18-20H,5,9-12H2,1-4H3. The second-order valence-corrected chi connectivity index (χ2v) is 6.81. The summed E-state index contributed by atoms with van der Waals surface area (Å²) in [5, 5.41) is 3.71. The van der Waals surface area contributed by atoms with Crippen molar-refractivity contribution in [3.8, 4) is 0 Å². The molecular formula is C19H31NO. The Bertz CT molecular complexity index is 425. The number of methoxy groups -OCH3 is 1. The Hall–Kier alpha value is -0.860. The van der Waals surface area contributed by atoms with Crippen molar-refractivity contribution in [1.82, 2.24) is 5.32 Å². The molecular weight excluding hydrogens is 258 g/mol. The van der Waals surface area contributed by atoms with Crippen LogP contribution in [0.2, 0.25) is 0 Å². The lowest BCUT2D eigenvalue weighted by molar-refractivity contribution is 0.0506. The van der Waals surface area contributed by atoms with Crippen LogP contribution in [-0.4, -0.2) is 19.8 Å². The number of rotatable bonds is 9. The molecule has 2 nitrogen and oxygen atoms in total. The summed E-state index contributed by atoms with van der Waals surface area (Å²) in [7, 11) is 1.86. The quantitative estimate of drug-likeness (QED) is 0.729. The van der Waals surface area contributed by atoms with Gasteiger partial charge in [0.05, 0.1) is 12.1 Å². The van der Waals surface area contributed by atoms with Crippen LogP contribution in [0.4, 0.5) is 0 Å². The van der Waals surface area contributed by atoms with Crippen molar-refractivity contribution in [3.63, 3.8) is 0 Å². The summed E-state index contributed by atoms with van der Waals surface area (Å²) < 4.78 is 5.85. The van der Waals surface area contributed by atoms with Crippen LogP contribution < -0.4 is 5.32 Å². The van der Waals surface area contributed by atoms with Gasteiger partial charge in [0, 0.05) is 7.11 Å². The largest absolute Gasteiger partial charge is 0.379 e. The van der Waals surface area contributed by atoms with Crippen molar-refractivity contribution < 1.29 is 4.74 Å². The van der Waals surface area contributed by atoms with Gasteiger partial charge in [0.1, 0.15) is 0 Å². The minimum absolute atomic E-state index is 0.311. The average molecular weight is 289 g/mol. The number of benzene rings is 1. The molecule has 0 aliphatic heterocycles. The lowest BCUT2D eigenvalue weighted by atomic mass is 9.94. The maximum atomic E-state index is 5.85. The van der Waals surface area contributed by atoms with Crippen LogP contribution in [0, 0.1) is 11.8 Å². The smallest absolute Gasteiger partial charge is 0.0794 e. The maximum absolute atomic E-state index is 5.85. The summed E-state index contributed by atoms with van der Waals surface area (Å²) in [4.78, 5) is 0. The van der Waals surface area contributed by atoms with E-state index in [4.69, 9.17) is 4.74 Å². The molecule has 0 bridgehead atoms. The average Bonchev–Trinajstić information content (AvgIpc) is 3.27. The van der Waals surface area contributed by atoms with Gasteiger partial charge in [-0.15, -0.1) is 0 Å². The van der Waals surface area contributed by atoms with E-state index in [2.05, 4.69) is 50.4 Å².